The van der Waals surface area contributed by atoms with Gasteiger partial charge in [0.15, 0.2) is 0 Å². The Balaban J connectivity index is 2.13. The average Bonchev–Trinajstić information content (AvgIpc) is 2.25. The van der Waals surface area contributed by atoms with E-state index in [9.17, 15) is 4.79 Å². The van der Waals surface area contributed by atoms with Crippen LogP contribution in [0.1, 0.15) is 12.0 Å². The van der Waals surface area contributed by atoms with Crippen molar-refractivity contribution in [3.63, 3.8) is 0 Å². The number of hydrogen-bond donors (Lipinski definition) is 1. The van der Waals surface area contributed by atoms with Crippen LogP contribution in [0.4, 0.5) is 0 Å². The summed E-state index contributed by atoms with van der Waals surface area (Å²) in [4.78, 5) is 18.5. The highest BCUT2D eigenvalue weighted by Gasteiger charge is 1.98. The summed E-state index contributed by atoms with van der Waals surface area (Å²) >= 11 is 0. The zero-order chi connectivity index (χ0) is 10.2. The van der Waals surface area contributed by atoms with Gasteiger partial charge in [-0.3, -0.25) is 4.79 Å². The van der Waals surface area contributed by atoms with Crippen LogP contribution in [0, 0.1) is 0 Å². The van der Waals surface area contributed by atoms with Crippen molar-refractivity contribution in [1.82, 2.24) is 15.3 Å². The first-order valence-electron chi connectivity index (χ1n) is 4.34. The van der Waals surface area contributed by atoms with Gasteiger partial charge in [0.1, 0.15) is 6.33 Å². The van der Waals surface area contributed by atoms with Crippen molar-refractivity contribution in [3.8, 4) is 0 Å². The lowest BCUT2D eigenvalue weighted by atomic mass is 10.3. The second kappa shape index (κ2) is 6.04. The molecule has 5 heteroatoms. The topological polar surface area (TPSA) is 64.1 Å². The Morgan fingerprint density at radius 3 is 2.86 bits per heavy atom. The molecule has 1 heterocycles. The summed E-state index contributed by atoms with van der Waals surface area (Å²) in [7, 11) is 1.38. The molecule has 0 aliphatic carbocycles. The zero-order valence-corrected chi connectivity index (χ0v) is 8.06. The molecule has 0 saturated carbocycles. The van der Waals surface area contributed by atoms with Crippen LogP contribution in [0.5, 0.6) is 0 Å². The number of methoxy groups -OCH3 is 1. The van der Waals surface area contributed by atoms with Gasteiger partial charge < -0.3 is 10.1 Å². The second-order valence-electron chi connectivity index (χ2n) is 2.75. The van der Waals surface area contributed by atoms with Gasteiger partial charge in [-0.05, 0) is 0 Å². The molecule has 0 atom stereocenters. The Morgan fingerprint density at radius 1 is 1.50 bits per heavy atom. The lowest BCUT2D eigenvalue weighted by Gasteiger charge is -2.02. The minimum Gasteiger partial charge on any atom is -0.469 e. The van der Waals surface area contributed by atoms with Crippen LogP contribution in [0.2, 0.25) is 0 Å². The molecule has 0 aliphatic heterocycles. The van der Waals surface area contributed by atoms with E-state index in [0.717, 1.165) is 5.56 Å². The van der Waals surface area contributed by atoms with Gasteiger partial charge in [0.05, 0.1) is 13.5 Å². The Hall–Kier alpha value is -1.49. The van der Waals surface area contributed by atoms with Gasteiger partial charge in [0.25, 0.3) is 0 Å². The van der Waals surface area contributed by atoms with Crippen LogP contribution in [0.25, 0.3) is 0 Å². The molecule has 0 radical (unpaired) electrons. The predicted octanol–water partition coefficient (Wildman–Crippen LogP) is 0.129. The summed E-state index contributed by atoms with van der Waals surface area (Å²) in [5.41, 5.74) is 0.998. The van der Waals surface area contributed by atoms with Gasteiger partial charge in [-0.1, -0.05) is 0 Å². The first-order chi connectivity index (χ1) is 6.83. The largest absolute Gasteiger partial charge is 0.469 e. The molecule has 0 saturated heterocycles. The molecule has 0 aliphatic rings. The number of carbonyl (C=O) groups excluding carboxylic acids is 1. The Bertz CT molecular complexity index is 277. The van der Waals surface area contributed by atoms with Crippen molar-refractivity contribution in [2.45, 2.75) is 13.0 Å². The van der Waals surface area contributed by atoms with E-state index in [1.165, 1.54) is 13.4 Å². The van der Waals surface area contributed by atoms with Crippen molar-refractivity contribution in [2.75, 3.05) is 13.7 Å². The van der Waals surface area contributed by atoms with Gasteiger partial charge in [0.2, 0.25) is 0 Å². The number of rotatable bonds is 5. The molecule has 0 bridgehead atoms. The molecule has 0 amide bonds. The molecule has 76 valence electrons. The number of nitrogens with zero attached hydrogens (tertiary/aromatic N) is 2. The van der Waals surface area contributed by atoms with Crippen LogP contribution >= 0.6 is 0 Å². The van der Waals surface area contributed by atoms with Crippen LogP contribution in [-0.2, 0) is 16.1 Å². The maximum atomic E-state index is 10.7. The number of esters is 1. The number of aromatic nitrogens is 2. The van der Waals surface area contributed by atoms with E-state index >= 15 is 0 Å². The molecular weight excluding hydrogens is 182 g/mol. The fourth-order valence-electron chi connectivity index (χ4n) is 0.946. The molecule has 0 spiro atoms. The Labute approximate surface area is 82.5 Å². The predicted molar refractivity (Wildman–Crippen MR) is 50.4 cm³/mol. The molecule has 14 heavy (non-hydrogen) atoms. The first-order valence-corrected chi connectivity index (χ1v) is 4.34. The Kier molecular flexibility index (Phi) is 4.57. The van der Waals surface area contributed by atoms with Crippen LogP contribution in [-0.4, -0.2) is 29.6 Å². The standard InChI is InChI=1S/C9H13N3O2/c1-14-9(13)2-3-10-4-8-5-11-7-12-6-8/h5-7,10H,2-4H2,1H3. The highest BCUT2D eigenvalue weighted by molar-refractivity contribution is 5.69. The molecule has 0 unspecified atom stereocenters. The van der Waals surface area contributed by atoms with E-state index in [4.69, 9.17) is 0 Å². The summed E-state index contributed by atoms with van der Waals surface area (Å²) in [6, 6.07) is 0. The SMILES string of the molecule is COC(=O)CCNCc1cncnc1. The maximum Gasteiger partial charge on any atom is 0.306 e. The average molecular weight is 195 g/mol. The number of carbonyl (C=O) groups is 1. The van der Waals surface area contributed by atoms with Crippen molar-refractivity contribution < 1.29 is 9.53 Å². The van der Waals surface area contributed by atoms with E-state index in [2.05, 4.69) is 20.0 Å². The molecule has 0 fully saturated rings. The summed E-state index contributed by atoms with van der Waals surface area (Å²) in [5.74, 6) is -0.207. The van der Waals surface area contributed by atoms with Gasteiger partial charge in [-0.25, -0.2) is 9.97 Å². The van der Waals surface area contributed by atoms with Crippen molar-refractivity contribution in [3.05, 3.63) is 24.3 Å². The zero-order valence-electron chi connectivity index (χ0n) is 8.06. The minimum absolute atomic E-state index is 0.207. The van der Waals surface area contributed by atoms with Crippen LogP contribution < -0.4 is 5.32 Å². The number of hydrogen-bond acceptors (Lipinski definition) is 5. The molecule has 1 N–H and O–H groups in total. The fourth-order valence-corrected chi connectivity index (χ4v) is 0.946. The summed E-state index contributed by atoms with van der Waals surface area (Å²) in [6.07, 6.45) is 5.33. The molecule has 5 nitrogen and oxygen atoms in total. The fraction of sp³-hybridized carbons (Fsp3) is 0.444. The first kappa shape index (κ1) is 10.6. The molecule has 1 aromatic heterocycles. The van der Waals surface area contributed by atoms with Gasteiger partial charge in [-0.15, -0.1) is 0 Å². The van der Waals surface area contributed by atoms with E-state index < -0.39 is 0 Å². The quantitative estimate of drug-likeness (QED) is 0.534. The highest BCUT2D eigenvalue weighted by Crippen LogP contribution is 1.91. The van der Waals surface area contributed by atoms with E-state index in [-0.39, 0.29) is 5.97 Å². The van der Waals surface area contributed by atoms with E-state index in [1.807, 2.05) is 0 Å². The van der Waals surface area contributed by atoms with Crippen LogP contribution in [0.3, 0.4) is 0 Å². The minimum atomic E-state index is -0.207. The molecule has 0 aromatic carbocycles. The smallest absolute Gasteiger partial charge is 0.306 e. The Morgan fingerprint density at radius 2 is 2.21 bits per heavy atom. The maximum absolute atomic E-state index is 10.7. The van der Waals surface area contributed by atoms with Crippen molar-refractivity contribution in [2.24, 2.45) is 0 Å². The normalized spacial score (nSPS) is 9.79. The molecule has 1 aromatic rings. The third-order valence-electron chi connectivity index (χ3n) is 1.68. The van der Waals surface area contributed by atoms with Gasteiger partial charge in [0, 0.05) is 31.0 Å². The monoisotopic (exact) mass is 195 g/mol. The highest BCUT2D eigenvalue weighted by atomic mass is 16.5. The number of ether oxygens (including phenoxy) is 1. The second-order valence-corrected chi connectivity index (χ2v) is 2.75. The third-order valence-corrected chi connectivity index (χ3v) is 1.68. The van der Waals surface area contributed by atoms with Gasteiger partial charge >= 0.3 is 5.97 Å². The van der Waals surface area contributed by atoms with E-state index in [1.54, 1.807) is 12.4 Å². The van der Waals surface area contributed by atoms with E-state index in [0.29, 0.717) is 19.5 Å². The molecule has 1 rings (SSSR count). The summed E-state index contributed by atoms with van der Waals surface area (Å²) in [6.45, 7) is 1.26. The summed E-state index contributed by atoms with van der Waals surface area (Å²) < 4.78 is 4.50. The van der Waals surface area contributed by atoms with Crippen molar-refractivity contribution in [1.29, 1.82) is 0 Å². The lowest BCUT2D eigenvalue weighted by molar-refractivity contribution is -0.140. The lowest BCUT2D eigenvalue weighted by Crippen LogP contribution is -2.18. The van der Waals surface area contributed by atoms with Crippen LogP contribution in [0.15, 0.2) is 18.7 Å². The number of nitrogens with one attached hydrogen (secondary N) is 1. The third kappa shape index (κ3) is 3.95. The van der Waals surface area contributed by atoms with Crippen molar-refractivity contribution >= 4 is 5.97 Å². The summed E-state index contributed by atoms with van der Waals surface area (Å²) in [5, 5.41) is 3.09. The van der Waals surface area contributed by atoms with Gasteiger partial charge in [-0.2, -0.15) is 0 Å². The molecular formula is C9H13N3O2.